The van der Waals surface area contributed by atoms with Crippen molar-refractivity contribution in [2.75, 3.05) is 5.73 Å². The van der Waals surface area contributed by atoms with Crippen LogP contribution < -0.4 is 5.73 Å². The van der Waals surface area contributed by atoms with Crippen LogP contribution in [0.1, 0.15) is 28.3 Å². The van der Waals surface area contributed by atoms with Crippen LogP contribution >= 0.6 is 0 Å². The van der Waals surface area contributed by atoms with Crippen LogP contribution in [0.15, 0.2) is 24.3 Å². The van der Waals surface area contributed by atoms with E-state index < -0.39 is 48.0 Å². The van der Waals surface area contributed by atoms with E-state index in [1.807, 2.05) is 0 Å². The van der Waals surface area contributed by atoms with Crippen molar-refractivity contribution in [3.05, 3.63) is 52.6 Å². The Morgan fingerprint density at radius 1 is 0.885 bits per heavy atom. The molecule has 0 fully saturated rings. The average Bonchev–Trinajstić information content (AvgIpc) is 2.48. The van der Waals surface area contributed by atoms with Gasteiger partial charge < -0.3 is 5.73 Å². The molecule has 0 saturated carbocycles. The first-order chi connectivity index (χ1) is 11.7. The van der Waals surface area contributed by atoms with Gasteiger partial charge in [0.1, 0.15) is 17.2 Å². The van der Waals surface area contributed by atoms with Crippen LogP contribution in [0.2, 0.25) is 0 Å². The zero-order valence-corrected chi connectivity index (χ0v) is 13.0. The molecule has 3 nitrogen and oxygen atoms in total. The predicted octanol–water partition coefficient (Wildman–Crippen LogP) is 4.63. The molecular weight excluding hydrogens is 374 g/mol. The molecule has 1 aromatic heterocycles. The van der Waals surface area contributed by atoms with E-state index in [0.29, 0.717) is 16.8 Å². The Kier molecular flexibility index (Phi) is 4.86. The molecule has 0 saturated heterocycles. The summed E-state index contributed by atoms with van der Waals surface area (Å²) >= 11 is 0. The zero-order chi connectivity index (χ0) is 19.9. The van der Waals surface area contributed by atoms with Crippen molar-refractivity contribution < 1.29 is 35.1 Å². The molecule has 0 aliphatic carbocycles. The summed E-state index contributed by atoms with van der Waals surface area (Å²) in [7, 11) is 0. The molecule has 11 heteroatoms. The van der Waals surface area contributed by atoms with Gasteiger partial charge in [0.15, 0.2) is 0 Å². The molecule has 1 aromatic carbocycles. The fourth-order valence-corrected chi connectivity index (χ4v) is 2.06. The Bertz CT molecular complexity index is 812. The fraction of sp³-hybridized carbons (Fsp3) is 0.333. The van der Waals surface area contributed by atoms with Crippen molar-refractivity contribution in [1.82, 2.24) is 9.97 Å². The maximum atomic E-state index is 13.5. The van der Waals surface area contributed by atoms with Gasteiger partial charge in [-0.2, -0.15) is 35.1 Å². The van der Waals surface area contributed by atoms with E-state index in [9.17, 15) is 35.1 Å². The third-order valence-electron chi connectivity index (χ3n) is 3.44. The number of benzene rings is 1. The third kappa shape index (κ3) is 4.02. The summed E-state index contributed by atoms with van der Waals surface area (Å²) in [5.74, 6) is -6.37. The minimum atomic E-state index is -6.10. The summed E-state index contributed by atoms with van der Waals surface area (Å²) in [5.41, 5.74) is 2.88. The number of aryl methyl sites for hydroxylation is 1. The van der Waals surface area contributed by atoms with Gasteiger partial charge in [0.2, 0.25) is 0 Å². The number of aromatic nitrogens is 2. The molecule has 2 N–H and O–H groups in total. The molecule has 1 heterocycles. The van der Waals surface area contributed by atoms with Gasteiger partial charge >= 0.3 is 18.3 Å². The van der Waals surface area contributed by atoms with Crippen LogP contribution in [-0.4, -0.2) is 16.1 Å². The van der Waals surface area contributed by atoms with E-state index in [-0.39, 0.29) is 0 Å². The predicted molar refractivity (Wildman–Crippen MR) is 75.4 cm³/mol. The number of halogens is 8. The normalized spacial score (nSPS) is 13.1. The topological polar surface area (TPSA) is 51.8 Å². The van der Waals surface area contributed by atoms with E-state index in [0.717, 1.165) is 0 Å². The van der Waals surface area contributed by atoms with E-state index in [1.54, 1.807) is 6.92 Å². The SMILES string of the molecule is Cc1cc(Cc2nc(C(F)(F)F)cc(C(F)(F)C(F)(F)F)n2)ccc1N. The van der Waals surface area contributed by atoms with Crippen LogP contribution in [0, 0.1) is 6.92 Å². The summed E-state index contributed by atoms with van der Waals surface area (Å²) in [6.07, 6.45) is -11.8. The van der Waals surface area contributed by atoms with Gasteiger partial charge in [-0.1, -0.05) is 12.1 Å². The van der Waals surface area contributed by atoms with Crippen molar-refractivity contribution in [3.8, 4) is 0 Å². The molecule has 142 valence electrons. The van der Waals surface area contributed by atoms with E-state index in [1.165, 1.54) is 18.2 Å². The first-order valence-corrected chi connectivity index (χ1v) is 6.97. The average molecular weight is 385 g/mol. The molecule has 0 unspecified atom stereocenters. The van der Waals surface area contributed by atoms with Gasteiger partial charge in [0.25, 0.3) is 0 Å². The zero-order valence-electron chi connectivity index (χ0n) is 13.0. The lowest BCUT2D eigenvalue weighted by Crippen LogP contribution is -2.35. The number of rotatable bonds is 3. The molecule has 0 radical (unpaired) electrons. The van der Waals surface area contributed by atoms with Crippen LogP contribution in [0.3, 0.4) is 0 Å². The number of hydrogen-bond acceptors (Lipinski definition) is 3. The second-order valence-electron chi connectivity index (χ2n) is 5.49. The molecule has 0 amide bonds. The van der Waals surface area contributed by atoms with Gasteiger partial charge in [-0.3, -0.25) is 0 Å². The Hall–Kier alpha value is -2.46. The Morgan fingerprint density at radius 3 is 1.96 bits per heavy atom. The lowest BCUT2D eigenvalue weighted by atomic mass is 10.1. The van der Waals surface area contributed by atoms with Gasteiger partial charge in [0, 0.05) is 12.1 Å². The number of alkyl halides is 8. The molecule has 26 heavy (non-hydrogen) atoms. The highest BCUT2D eigenvalue weighted by Crippen LogP contribution is 2.44. The molecule has 2 aromatic rings. The van der Waals surface area contributed by atoms with Crippen molar-refractivity contribution in [2.24, 2.45) is 0 Å². The van der Waals surface area contributed by atoms with Crippen molar-refractivity contribution in [2.45, 2.75) is 31.6 Å². The first-order valence-electron chi connectivity index (χ1n) is 6.97. The van der Waals surface area contributed by atoms with Crippen LogP contribution in [0.4, 0.5) is 40.8 Å². The molecule has 0 spiro atoms. The molecule has 0 aliphatic rings. The number of nitrogen functional groups attached to an aromatic ring is 1. The number of hydrogen-bond donors (Lipinski definition) is 1. The maximum Gasteiger partial charge on any atom is 0.459 e. The standard InChI is InChI=1S/C15H11F8N3/c1-7-4-8(2-3-9(7)24)5-12-25-10(13(16,17)15(21,22)23)6-11(26-12)14(18,19)20/h2-4,6H,5,24H2,1H3. The number of nitrogens with zero attached hydrogens (tertiary/aromatic N) is 2. The van der Waals surface area contributed by atoms with Crippen molar-refractivity contribution >= 4 is 5.69 Å². The second-order valence-corrected chi connectivity index (χ2v) is 5.49. The van der Waals surface area contributed by atoms with Crippen LogP contribution in [0.5, 0.6) is 0 Å². The second kappa shape index (κ2) is 6.36. The monoisotopic (exact) mass is 385 g/mol. The Morgan fingerprint density at radius 2 is 1.46 bits per heavy atom. The Balaban J connectivity index is 2.55. The lowest BCUT2D eigenvalue weighted by molar-refractivity contribution is -0.291. The maximum absolute atomic E-state index is 13.5. The van der Waals surface area contributed by atoms with Gasteiger partial charge in [-0.15, -0.1) is 0 Å². The largest absolute Gasteiger partial charge is 0.459 e. The van der Waals surface area contributed by atoms with E-state index in [4.69, 9.17) is 5.73 Å². The molecule has 0 atom stereocenters. The van der Waals surface area contributed by atoms with Crippen molar-refractivity contribution in [3.63, 3.8) is 0 Å². The van der Waals surface area contributed by atoms with Crippen molar-refractivity contribution in [1.29, 1.82) is 0 Å². The minimum Gasteiger partial charge on any atom is -0.399 e. The molecule has 2 rings (SSSR count). The molecule has 0 bridgehead atoms. The fourth-order valence-electron chi connectivity index (χ4n) is 2.06. The quantitative estimate of drug-likeness (QED) is 0.619. The highest BCUT2D eigenvalue weighted by atomic mass is 19.4. The molecule has 0 aliphatic heterocycles. The summed E-state index contributed by atoms with van der Waals surface area (Å²) in [6.45, 7) is 1.59. The summed E-state index contributed by atoms with van der Waals surface area (Å²) in [6, 6.07) is 3.85. The number of nitrogens with two attached hydrogens (primary N) is 1. The van der Waals surface area contributed by atoms with Gasteiger partial charge in [0.05, 0.1) is 0 Å². The minimum absolute atomic E-state index is 0.303. The summed E-state index contributed by atoms with van der Waals surface area (Å²) in [4.78, 5) is 6.10. The summed E-state index contributed by atoms with van der Waals surface area (Å²) < 4.78 is 103. The van der Waals surface area contributed by atoms with E-state index in [2.05, 4.69) is 9.97 Å². The smallest absolute Gasteiger partial charge is 0.399 e. The highest BCUT2D eigenvalue weighted by molar-refractivity contribution is 5.48. The van der Waals surface area contributed by atoms with Crippen LogP contribution in [-0.2, 0) is 18.5 Å². The lowest BCUT2D eigenvalue weighted by Gasteiger charge is -2.20. The van der Waals surface area contributed by atoms with Gasteiger partial charge in [-0.25, -0.2) is 9.97 Å². The molecular formula is C15H11F8N3. The van der Waals surface area contributed by atoms with Gasteiger partial charge in [-0.05, 0) is 30.2 Å². The summed E-state index contributed by atoms with van der Waals surface area (Å²) in [5, 5.41) is 0. The third-order valence-corrected chi connectivity index (χ3v) is 3.44. The van der Waals surface area contributed by atoms with E-state index >= 15 is 0 Å². The number of anilines is 1. The highest BCUT2D eigenvalue weighted by Gasteiger charge is 2.60. The first kappa shape index (κ1) is 19.9. The Labute approximate surface area is 141 Å². The van der Waals surface area contributed by atoms with Crippen LogP contribution in [0.25, 0.3) is 0 Å².